The molecule has 1 heterocycles. The second-order valence-corrected chi connectivity index (χ2v) is 5.49. The van der Waals surface area contributed by atoms with E-state index >= 15 is 0 Å². The number of benzene rings is 2. The molecule has 26 heavy (non-hydrogen) atoms. The number of aromatic nitrogens is 2. The molecule has 1 aromatic heterocycles. The van der Waals surface area contributed by atoms with Gasteiger partial charge < -0.3 is 29.7 Å². The molecule has 2 aromatic carbocycles. The maximum Gasteiger partial charge on any atom is 0.203 e. The molecule has 0 unspecified atom stereocenters. The number of anilines is 1. The van der Waals surface area contributed by atoms with E-state index in [4.69, 9.17) is 24.7 Å². The highest BCUT2D eigenvalue weighted by Gasteiger charge is 2.19. The molecule has 7 nitrogen and oxygen atoms in total. The standard InChI is InChI=1S/C19H21N3O4/c1-23-13-7-5-11(6-8-13)16-17(22-19(20)21-16)12-9-14(24-2)18(26-4)15(10-12)25-3/h5-10H,1-4H3,(H3,20,21,22). The number of rotatable bonds is 6. The summed E-state index contributed by atoms with van der Waals surface area (Å²) < 4.78 is 21.5. The van der Waals surface area contributed by atoms with E-state index in [1.165, 1.54) is 0 Å². The van der Waals surface area contributed by atoms with Crippen LogP contribution in [-0.4, -0.2) is 38.4 Å². The summed E-state index contributed by atoms with van der Waals surface area (Å²) in [5.41, 5.74) is 9.13. The lowest BCUT2D eigenvalue weighted by atomic mass is 10.0. The summed E-state index contributed by atoms with van der Waals surface area (Å²) in [7, 11) is 6.34. The van der Waals surface area contributed by atoms with E-state index in [-0.39, 0.29) is 0 Å². The van der Waals surface area contributed by atoms with Crippen molar-refractivity contribution in [3.05, 3.63) is 36.4 Å². The largest absolute Gasteiger partial charge is 0.497 e. The van der Waals surface area contributed by atoms with Crippen LogP contribution >= 0.6 is 0 Å². The summed E-state index contributed by atoms with van der Waals surface area (Å²) in [5, 5.41) is 0. The highest BCUT2D eigenvalue weighted by atomic mass is 16.5. The van der Waals surface area contributed by atoms with E-state index in [1.54, 1.807) is 28.4 Å². The lowest BCUT2D eigenvalue weighted by Gasteiger charge is -2.14. The molecule has 0 saturated heterocycles. The monoisotopic (exact) mass is 355 g/mol. The molecule has 0 saturated carbocycles. The van der Waals surface area contributed by atoms with E-state index in [0.29, 0.717) is 28.9 Å². The van der Waals surface area contributed by atoms with Gasteiger partial charge >= 0.3 is 0 Å². The van der Waals surface area contributed by atoms with Crippen molar-refractivity contribution in [1.82, 2.24) is 9.97 Å². The first-order chi connectivity index (χ1) is 12.6. The van der Waals surface area contributed by atoms with Crippen LogP contribution in [0.3, 0.4) is 0 Å². The van der Waals surface area contributed by atoms with Gasteiger partial charge in [-0.2, -0.15) is 0 Å². The number of nitrogens with one attached hydrogen (secondary N) is 1. The van der Waals surface area contributed by atoms with Crippen LogP contribution in [-0.2, 0) is 0 Å². The van der Waals surface area contributed by atoms with E-state index < -0.39 is 0 Å². The van der Waals surface area contributed by atoms with Crippen molar-refractivity contribution in [3.8, 4) is 45.5 Å². The molecule has 7 heteroatoms. The zero-order chi connectivity index (χ0) is 18.7. The van der Waals surface area contributed by atoms with Crippen LogP contribution in [0.1, 0.15) is 0 Å². The SMILES string of the molecule is COc1ccc(-c2[nH]c(N)nc2-c2cc(OC)c(OC)c(OC)c2)cc1. The molecular formula is C19H21N3O4. The summed E-state index contributed by atoms with van der Waals surface area (Å²) in [4.78, 5) is 7.56. The number of methoxy groups -OCH3 is 4. The molecular weight excluding hydrogens is 334 g/mol. The number of nitrogens with zero attached hydrogens (tertiary/aromatic N) is 1. The number of nitrogen functional groups attached to an aromatic ring is 1. The topological polar surface area (TPSA) is 91.6 Å². The van der Waals surface area contributed by atoms with Gasteiger partial charge in [0.25, 0.3) is 0 Å². The van der Waals surface area contributed by atoms with Crippen molar-refractivity contribution in [2.24, 2.45) is 0 Å². The van der Waals surface area contributed by atoms with Crippen molar-refractivity contribution < 1.29 is 18.9 Å². The average Bonchev–Trinajstić information content (AvgIpc) is 3.08. The fourth-order valence-electron chi connectivity index (χ4n) is 2.78. The van der Waals surface area contributed by atoms with Crippen molar-refractivity contribution in [2.75, 3.05) is 34.2 Å². The van der Waals surface area contributed by atoms with E-state index in [9.17, 15) is 0 Å². The van der Waals surface area contributed by atoms with Gasteiger partial charge in [-0.25, -0.2) is 4.98 Å². The number of imidazole rings is 1. The number of aromatic amines is 1. The fourth-order valence-corrected chi connectivity index (χ4v) is 2.78. The van der Waals surface area contributed by atoms with E-state index in [0.717, 1.165) is 22.6 Å². The third kappa shape index (κ3) is 3.11. The normalized spacial score (nSPS) is 10.5. The maximum atomic E-state index is 5.93. The Morgan fingerprint density at radius 2 is 1.42 bits per heavy atom. The first kappa shape index (κ1) is 17.5. The summed E-state index contributed by atoms with van der Waals surface area (Å²) in [5.74, 6) is 2.71. The maximum absolute atomic E-state index is 5.93. The minimum absolute atomic E-state index is 0.319. The van der Waals surface area contributed by atoms with Gasteiger partial charge in [-0.05, 0) is 36.4 Å². The first-order valence-electron chi connectivity index (χ1n) is 7.91. The van der Waals surface area contributed by atoms with Crippen LogP contribution in [0.4, 0.5) is 5.95 Å². The van der Waals surface area contributed by atoms with Crippen LogP contribution in [0, 0.1) is 0 Å². The van der Waals surface area contributed by atoms with Crippen molar-refractivity contribution in [2.45, 2.75) is 0 Å². The van der Waals surface area contributed by atoms with Crippen molar-refractivity contribution in [3.63, 3.8) is 0 Å². The number of hydrogen-bond donors (Lipinski definition) is 2. The van der Waals surface area contributed by atoms with Crippen LogP contribution in [0.5, 0.6) is 23.0 Å². The van der Waals surface area contributed by atoms with E-state index in [2.05, 4.69) is 9.97 Å². The van der Waals surface area contributed by atoms with Gasteiger partial charge in [0.05, 0.1) is 39.8 Å². The molecule has 0 radical (unpaired) electrons. The number of H-pyrrole nitrogens is 1. The van der Waals surface area contributed by atoms with Gasteiger partial charge in [-0.3, -0.25) is 0 Å². The minimum Gasteiger partial charge on any atom is -0.497 e. The average molecular weight is 355 g/mol. The van der Waals surface area contributed by atoms with Gasteiger partial charge in [0.1, 0.15) is 5.75 Å². The highest BCUT2D eigenvalue weighted by molar-refractivity contribution is 5.82. The quantitative estimate of drug-likeness (QED) is 0.704. The van der Waals surface area contributed by atoms with Gasteiger partial charge in [0, 0.05) is 11.1 Å². The molecule has 0 aliphatic heterocycles. The Morgan fingerprint density at radius 3 is 1.92 bits per heavy atom. The Labute approximate surface area is 151 Å². The molecule has 3 aromatic rings. The smallest absolute Gasteiger partial charge is 0.203 e. The predicted octanol–water partition coefficient (Wildman–Crippen LogP) is 3.36. The number of hydrogen-bond acceptors (Lipinski definition) is 6. The lowest BCUT2D eigenvalue weighted by Crippen LogP contribution is -1.96. The van der Waals surface area contributed by atoms with E-state index in [1.807, 2.05) is 36.4 Å². The fraction of sp³-hybridized carbons (Fsp3) is 0.211. The van der Waals surface area contributed by atoms with Gasteiger partial charge in [0.2, 0.25) is 5.75 Å². The highest BCUT2D eigenvalue weighted by Crippen LogP contribution is 2.42. The molecule has 3 N–H and O–H groups in total. The number of ether oxygens (including phenoxy) is 4. The summed E-state index contributed by atoms with van der Waals surface area (Å²) >= 11 is 0. The first-order valence-corrected chi connectivity index (χ1v) is 7.91. The van der Waals surface area contributed by atoms with Crippen LogP contribution in [0.15, 0.2) is 36.4 Å². The second kappa shape index (κ2) is 7.26. The molecule has 0 fully saturated rings. The summed E-state index contributed by atoms with van der Waals surface area (Å²) in [6.07, 6.45) is 0. The Bertz CT molecular complexity index is 879. The van der Waals surface area contributed by atoms with Crippen molar-refractivity contribution in [1.29, 1.82) is 0 Å². The lowest BCUT2D eigenvalue weighted by molar-refractivity contribution is 0.324. The second-order valence-electron chi connectivity index (χ2n) is 5.49. The van der Waals surface area contributed by atoms with Crippen LogP contribution in [0.25, 0.3) is 22.5 Å². The molecule has 0 spiro atoms. The Kier molecular flexibility index (Phi) is 4.88. The Hall–Kier alpha value is -3.35. The number of nitrogens with two attached hydrogens (primary N) is 1. The molecule has 0 amide bonds. The molecule has 0 atom stereocenters. The zero-order valence-corrected chi connectivity index (χ0v) is 15.1. The summed E-state index contributed by atoms with van der Waals surface area (Å²) in [6, 6.07) is 11.3. The van der Waals surface area contributed by atoms with Crippen LogP contribution in [0.2, 0.25) is 0 Å². The molecule has 0 aliphatic carbocycles. The van der Waals surface area contributed by atoms with Crippen molar-refractivity contribution >= 4 is 5.95 Å². The summed E-state index contributed by atoms with van der Waals surface area (Å²) in [6.45, 7) is 0. The molecule has 136 valence electrons. The molecule has 0 bridgehead atoms. The Balaban J connectivity index is 2.15. The van der Waals surface area contributed by atoms with Gasteiger partial charge in [-0.15, -0.1) is 0 Å². The third-order valence-electron chi connectivity index (χ3n) is 4.04. The third-order valence-corrected chi connectivity index (χ3v) is 4.04. The minimum atomic E-state index is 0.319. The Morgan fingerprint density at radius 1 is 0.808 bits per heavy atom. The van der Waals surface area contributed by atoms with Gasteiger partial charge in [0.15, 0.2) is 17.4 Å². The molecule has 0 aliphatic rings. The zero-order valence-electron chi connectivity index (χ0n) is 15.1. The van der Waals surface area contributed by atoms with Crippen LogP contribution < -0.4 is 24.7 Å². The predicted molar refractivity (Wildman–Crippen MR) is 100 cm³/mol. The van der Waals surface area contributed by atoms with Gasteiger partial charge in [-0.1, -0.05) is 0 Å². The molecule has 3 rings (SSSR count).